The van der Waals surface area contributed by atoms with Crippen LogP contribution in [-0.4, -0.2) is 36.7 Å². The Morgan fingerprint density at radius 1 is 1.18 bits per heavy atom. The molecule has 0 radical (unpaired) electrons. The molecule has 22 heavy (non-hydrogen) atoms. The van der Waals surface area contributed by atoms with E-state index in [0.717, 1.165) is 0 Å². The highest BCUT2D eigenvalue weighted by molar-refractivity contribution is 5.71. The Morgan fingerprint density at radius 2 is 1.77 bits per heavy atom. The van der Waals surface area contributed by atoms with Crippen LogP contribution in [0.25, 0.3) is 0 Å². The van der Waals surface area contributed by atoms with E-state index in [1.54, 1.807) is 25.1 Å². The van der Waals surface area contributed by atoms with E-state index in [4.69, 9.17) is 4.74 Å². The molecule has 0 aliphatic carbocycles. The number of likely N-dealkylation sites (tertiary alicyclic amines) is 1. The topological polar surface area (TPSA) is 29.5 Å². The minimum absolute atomic E-state index is 0.0710. The highest BCUT2D eigenvalue weighted by Gasteiger charge is 2.61. The second-order valence-electron chi connectivity index (χ2n) is 5.40. The van der Waals surface area contributed by atoms with Gasteiger partial charge in [-0.3, -0.25) is 9.69 Å². The summed E-state index contributed by atoms with van der Waals surface area (Å²) in [7, 11) is 0. The van der Waals surface area contributed by atoms with Crippen molar-refractivity contribution in [2.45, 2.75) is 37.9 Å². The second kappa shape index (κ2) is 6.69. The fraction of sp³-hybridized carbons (Fsp3) is 0.562. The molecule has 2 rings (SSSR count). The fourth-order valence-electron chi connectivity index (χ4n) is 3.07. The molecule has 1 atom stereocenters. The normalized spacial score (nSPS) is 18.9. The summed E-state index contributed by atoms with van der Waals surface area (Å²) in [5.41, 5.74) is -2.21. The van der Waals surface area contributed by atoms with E-state index in [0.29, 0.717) is 25.9 Å². The molecular formula is C16H20F3NO2. The molecule has 6 heteroatoms. The molecule has 1 unspecified atom stereocenters. The summed E-state index contributed by atoms with van der Waals surface area (Å²) < 4.78 is 47.0. The number of benzene rings is 1. The van der Waals surface area contributed by atoms with Crippen molar-refractivity contribution in [2.75, 3.05) is 19.7 Å². The summed E-state index contributed by atoms with van der Waals surface area (Å²) >= 11 is 0. The molecule has 1 heterocycles. The quantitative estimate of drug-likeness (QED) is 0.779. The van der Waals surface area contributed by atoms with Gasteiger partial charge in [-0.05, 0) is 38.4 Å². The summed E-state index contributed by atoms with van der Waals surface area (Å²) in [6, 6.07) is 7.67. The first-order valence-corrected chi connectivity index (χ1v) is 7.44. The molecule has 1 saturated heterocycles. The van der Waals surface area contributed by atoms with Crippen molar-refractivity contribution >= 4 is 5.97 Å². The van der Waals surface area contributed by atoms with Gasteiger partial charge >= 0.3 is 12.1 Å². The van der Waals surface area contributed by atoms with Gasteiger partial charge in [0.05, 0.1) is 13.0 Å². The van der Waals surface area contributed by atoms with Crippen LogP contribution in [-0.2, 0) is 15.1 Å². The van der Waals surface area contributed by atoms with Gasteiger partial charge in [-0.1, -0.05) is 30.3 Å². The predicted octanol–water partition coefficient (Wildman–Crippen LogP) is 3.49. The van der Waals surface area contributed by atoms with Crippen molar-refractivity contribution in [1.29, 1.82) is 0 Å². The Morgan fingerprint density at radius 3 is 2.27 bits per heavy atom. The number of hydrogen-bond donors (Lipinski definition) is 0. The van der Waals surface area contributed by atoms with Crippen molar-refractivity contribution in [1.82, 2.24) is 4.90 Å². The molecule has 1 fully saturated rings. The van der Waals surface area contributed by atoms with Gasteiger partial charge in [0.1, 0.15) is 0 Å². The van der Waals surface area contributed by atoms with Crippen LogP contribution in [0.4, 0.5) is 13.2 Å². The molecule has 1 aliphatic heterocycles. The standard InChI is InChI=1S/C16H20F3NO2/c1-2-22-14(21)12-15(16(17,18)19,20-10-6-7-11-20)13-8-4-3-5-9-13/h3-5,8-9H,2,6-7,10-12H2,1H3. The van der Waals surface area contributed by atoms with E-state index >= 15 is 0 Å². The van der Waals surface area contributed by atoms with Gasteiger partial charge in [0.25, 0.3) is 0 Å². The van der Waals surface area contributed by atoms with Gasteiger partial charge < -0.3 is 4.74 Å². The first-order valence-electron chi connectivity index (χ1n) is 7.44. The fourth-order valence-corrected chi connectivity index (χ4v) is 3.07. The molecule has 0 saturated carbocycles. The van der Waals surface area contributed by atoms with E-state index < -0.39 is 24.1 Å². The minimum Gasteiger partial charge on any atom is -0.466 e. The van der Waals surface area contributed by atoms with Crippen LogP contribution in [0.3, 0.4) is 0 Å². The van der Waals surface area contributed by atoms with Crippen molar-refractivity contribution in [2.24, 2.45) is 0 Å². The second-order valence-corrected chi connectivity index (χ2v) is 5.40. The predicted molar refractivity (Wildman–Crippen MR) is 76.2 cm³/mol. The highest BCUT2D eigenvalue weighted by atomic mass is 19.4. The molecule has 0 bridgehead atoms. The lowest BCUT2D eigenvalue weighted by Gasteiger charge is -2.42. The lowest BCUT2D eigenvalue weighted by molar-refractivity contribution is -0.240. The number of carbonyl (C=O) groups is 1. The maximum Gasteiger partial charge on any atom is 0.411 e. The molecule has 1 aromatic rings. The number of esters is 1. The Labute approximate surface area is 128 Å². The minimum atomic E-state index is -4.56. The maximum absolute atomic E-state index is 14.1. The van der Waals surface area contributed by atoms with Crippen LogP contribution < -0.4 is 0 Å². The monoisotopic (exact) mass is 315 g/mol. The first-order chi connectivity index (χ1) is 10.4. The van der Waals surface area contributed by atoms with Crippen molar-refractivity contribution in [3.8, 4) is 0 Å². The molecule has 0 N–H and O–H groups in total. The van der Waals surface area contributed by atoms with E-state index in [2.05, 4.69) is 0 Å². The summed E-state index contributed by atoms with van der Waals surface area (Å²) in [5, 5.41) is 0. The van der Waals surface area contributed by atoms with E-state index in [1.807, 2.05) is 0 Å². The van der Waals surface area contributed by atoms with Gasteiger partial charge in [-0.25, -0.2) is 0 Å². The number of nitrogens with zero attached hydrogens (tertiary/aromatic N) is 1. The van der Waals surface area contributed by atoms with Gasteiger partial charge in [0, 0.05) is 0 Å². The van der Waals surface area contributed by atoms with Gasteiger partial charge in [0.2, 0.25) is 0 Å². The molecule has 0 spiro atoms. The SMILES string of the molecule is CCOC(=O)CC(c1ccccc1)(N1CCCC1)C(F)(F)F. The molecule has 3 nitrogen and oxygen atoms in total. The third-order valence-electron chi connectivity index (χ3n) is 4.07. The number of alkyl halides is 3. The summed E-state index contributed by atoms with van der Waals surface area (Å²) in [4.78, 5) is 13.3. The van der Waals surface area contributed by atoms with Gasteiger partial charge in [-0.15, -0.1) is 0 Å². The van der Waals surface area contributed by atoms with Crippen molar-refractivity contribution in [3.63, 3.8) is 0 Å². The average Bonchev–Trinajstić information content (AvgIpc) is 2.99. The Hall–Kier alpha value is -1.56. The molecule has 0 amide bonds. The largest absolute Gasteiger partial charge is 0.466 e. The van der Waals surface area contributed by atoms with Crippen molar-refractivity contribution < 1.29 is 22.7 Å². The first kappa shape index (κ1) is 16.8. The van der Waals surface area contributed by atoms with Crippen LogP contribution in [0, 0.1) is 0 Å². The van der Waals surface area contributed by atoms with Crippen LogP contribution >= 0.6 is 0 Å². The zero-order valence-corrected chi connectivity index (χ0v) is 12.5. The summed E-state index contributed by atoms with van der Waals surface area (Å²) in [6.07, 6.45) is -3.87. The molecule has 0 aromatic heterocycles. The third kappa shape index (κ3) is 3.11. The zero-order chi connectivity index (χ0) is 16.2. The van der Waals surface area contributed by atoms with E-state index in [9.17, 15) is 18.0 Å². The zero-order valence-electron chi connectivity index (χ0n) is 12.5. The average molecular weight is 315 g/mol. The van der Waals surface area contributed by atoms with E-state index in [-0.39, 0.29) is 12.2 Å². The number of hydrogen-bond acceptors (Lipinski definition) is 3. The van der Waals surface area contributed by atoms with Crippen LogP contribution in [0.2, 0.25) is 0 Å². The lowest BCUT2D eigenvalue weighted by Crippen LogP contribution is -2.56. The van der Waals surface area contributed by atoms with Crippen LogP contribution in [0.1, 0.15) is 31.7 Å². The Bertz CT molecular complexity index is 498. The smallest absolute Gasteiger partial charge is 0.411 e. The highest BCUT2D eigenvalue weighted by Crippen LogP contribution is 2.48. The van der Waals surface area contributed by atoms with Gasteiger partial charge in [0.15, 0.2) is 5.54 Å². The maximum atomic E-state index is 14.1. The number of rotatable bonds is 5. The van der Waals surface area contributed by atoms with Crippen LogP contribution in [0.15, 0.2) is 30.3 Å². The van der Waals surface area contributed by atoms with E-state index in [1.165, 1.54) is 17.0 Å². The van der Waals surface area contributed by atoms with Gasteiger partial charge in [-0.2, -0.15) is 13.2 Å². The molecule has 1 aliphatic rings. The Balaban J connectivity index is 2.50. The van der Waals surface area contributed by atoms with Crippen molar-refractivity contribution in [3.05, 3.63) is 35.9 Å². The summed E-state index contributed by atoms with van der Waals surface area (Å²) in [5.74, 6) is -0.824. The molecule has 1 aromatic carbocycles. The summed E-state index contributed by atoms with van der Waals surface area (Å²) in [6.45, 7) is 2.31. The number of ether oxygens (including phenoxy) is 1. The number of carbonyl (C=O) groups excluding carboxylic acids is 1. The third-order valence-corrected chi connectivity index (χ3v) is 4.07. The lowest BCUT2D eigenvalue weighted by atomic mass is 9.84. The number of halogens is 3. The Kier molecular flexibility index (Phi) is 5.11. The molecular weight excluding hydrogens is 295 g/mol. The molecule has 122 valence electrons. The van der Waals surface area contributed by atoms with Crippen LogP contribution in [0.5, 0.6) is 0 Å².